The number of methoxy groups -OCH3 is 3. The molecule has 1 atom stereocenters. The second kappa shape index (κ2) is 6.64. The lowest BCUT2D eigenvalue weighted by Crippen LogP contribution is -2.38. The zero-order chi connectivity index (χ0) is 16.2. The molecular formula is C12H17NO7S. The van der Waals surface area contributed by atoms with E-state index in [0.717, 1.165) is 0 Å². The van der Waals surface area contributed by atoms with Gasteiger partial charge in [0, 0.05) is 12.1 Å². The van der Waals surface area contributed by atoms with Crippen molar-refractivity contribution < 1.29 is 32.5 Å². The molecule has 0 aromatic heterocycles. The number of carbonyl (C=O) groups is 1. The molecule has 0 aliphatic carbocycles. The molecule has 9 heteroatoms. The van der Waals surface area contributed by atoms with Crippen LogP contribution in [-0.4, -0.2) is 46.9 Å². The molecule has 0 spiro atoms. The van der Waals surface area contributed by atoms with Crippen molar-refractivity contribution in [1.29, 1.82) is 0 Å². The smallest absolute Gasteiger partial charge is 0.321 e. The summed E-state index contributed by atoms with van der Waals surface area (Å²) in [6.07, 6.45) is 0. The van der Waals surface area contributed by atoms with E-state index in [0.29, 0.717) is 5.75 Å². The van der Waals surface area contributed by atoms with E-state index in [-0.39, 0.29) is 16.4 Å². The van der Waals surface area contributed by atoms with Crippen molar-refractivity contribution in [1.82, 2.24) is 4.72 Å². The van der Waals surface area contributed by atoms with Crippen molar-refractivity contribution in [2.45, 2.75) is 17.9 Å². The lowest BCUT2D eigenvalue weighted by Gasteiger charge is -2.17. The maximum Gasteiger partial charge on any atom is 0.321 e. The molecule has 0 fully saturated rings. The minimum Gasteiger partial charge on any atom is -0.496 e. The number of rotatable bonds is 7. The highest BCUT2D eigenvalue weighted by Crippen LogP contribution is 2.37. The second-order valence-electron chi connectivity index (χ2n) is 4.04. The van der Waals surface area contributed by atoms with Crippen LogP contribution in [0.3, 0.4) is 0 Å². The number of hydrogen-bond donors (Lipinski definition) is 2. The van der Waals surface area contributed by atoms with Gasteiger partial charge in [0.1, 0.15) is 23.3 Å². The van der Waals surface area contributed by atoms with Crippen LogP contribution in [0.15, 0.2) is 17.0 Å². The highest BCUT2D eigenvalue weighted by Gasteiger charge is 2.29. The largest absolute Gasteiger partial charge is 0.496 e. The second-order valence-corrected chi connectivity index (χ2v) is 5.69. The Labute approximate surface area is 122 Å². The highest BCUT2D eigenvalue weighted by atomic mass is 32.2. The van der Waals surface area contributed by atoms with Gasteiger partial charge < -0.3 is 19.3 Å². The minimum absolute atomic E-state index is 0.0173. The number of ether oxygens (including phenoxy) is 3. The highest BCUT2D eigenvalue weighted by molar-refractivity contribution is 7.89. The van der Waals surface area contributed by atoms with Crippen molar-refractivity contribution in [2.24, 2.45) is 0 Å². The van der Waals surface area contributed by atoms with E-state index >= 15 is 0 Å². The molecule has 8 nitrogen and oxygen atoms in total. The average Bonchev–Trinajstić information content (AvgIpc) is 2.44. The molecule has 0 amide bonds. The molecule has 0 unspecified atom stereocenters. The predicted molar refractivity (Wildman–Crippen MR) is 73.5 cm³/mol. The molecule has 0 aliphatic rings. The Balaban J connectivity index is 3.43. The van der Waals surface area contributed by atoms with Gasteiger partial charge in [-0.15, -0.1) is 0 Å². The third kappa shape index (κ3) is 3.76. The number of hydrogen-bond acceptors (Lipinski definition) is 6. The Hall–Kier alpha value is -2.00. The van der Waals surface area contributed by atoms with Gasteiger partial charge in [-0.05, 0) is 6.92 Å². The fraction of sp³-hybridized carbons (Fsp3) is 0.417. The molecule has 0 saturated heterocycles. The zero-order valence-electron chi connectivity index (χ0n) is 12.0. The number of nitrogens with one attached hydrogen (secondary N) is 1. The third-order valence-corrected chi connectivity index (χ3v) is 4.24. The van der Waals surface area contributed by atoms with Gasteiger partial charge in [-0.1, -0.05) is 0 Å². The van der Waals surface area contributed by atoms with Crippen LogP contribution < -0.4 is 18.9 Å². The summed E-state index contributed by atoms with van der Waals surface area (Å²) >= 11 is 0. The molecule has 0 aliphatic heterocycles. The first-order valence-electron chi connectivity index (χ1n) is 5.82. The van der Waals surface area contributed by atoms with Crippen LogP contribution in [-0.2, 0) is 14.8 Å². The Morgan fingerprint density at radius 3 is 1.95 bits per heavy atom. The molecule has 1 aromatic carbocycles. The summed E-state index contributed by atoms with van der Waals surface area (Å²) in [5.74, 6) is -0.994. The lowest BCUT2D eigenvalue weighted by atomic mass is 10.3. The first-order valence-corrected chi connectivity index (χ1v) is 7.30. The Bertz CT molecular complexity index is 601. The van der Waals surface area contributed by atoms with Crippen molar-refractivity contribution in [3.63, 3.8) is 0 Å². The standard InChI is InChI=1S/C12H17NO7S/c1-7(12(14)15)13-21(16,17)11-9(19-3)5-8(18-2)6-10(11)20-4/h5-7,13H,1-4H3,(H,14,15)/t7-/m1/s1. The first kappa shape index (κ1) is 17.1. The first-order chi connectivity index (χ1) is 9.76. The van der Waals surface area contributed by atoms with E-state index in [1.165, 1.54) is 40.4 Å². The fourth-order valence-electron chi connectivity index (χ4n) is 1.58. The molecule has 2 N–H and O–H groups in total. The summed E-state index contributed by atoms with van der Waals surface area (Å²) in [5, 5.41) is 8.82. The zero-order valence-corrected chi connectivity index (χ0v) is 12.9. The molecule has 0 saturated carbocycles. The number of carboxylic acids is 1. The Morgan fingerprint density at radius 2 is 1.62 bits per heavy atom. The molecule has 1 rings (SSSR count). The summed E-state index contributed by atoms with van der Waals surface area (Å²) in [7, 11) is -0.170. The summed E-state index contributed by atoms with van der Waals surface area (Å²) in [6.45, 7) is 1.21. The summed E-state index contributed by atoms with van der Waals surface area (Å²) in [5.41, 5.74) is 0. The summed E-state index contributed by atoms with van der Waals surface area (Å²) < 4.78 is 41.8. The van der Waals surface area contributed by atoms with E-state index in [9.17, 15) is 13.2 Å². The number of sulfonamides is 1. The van der Waals surface area contributed by atoms with Crippen LogP contribution in [0.2, 0.25) is 0 Å². The van der Waals surface area contributed by atoms with E-state index in [4.69, 9.17) is 19.3 Å². The van der Waals surface area contributed by atoms with Crippen molar-refractivity contribution in [3.05, 3.63) is 12.1 Å². The Morgan fingerprint density at radius 1 is 1.14 bits per heavy atom. The normalized spacial score (nSPS) is 12.6. The third-order valence-electron chi connectivity index (χ3n) is 2.64. The van der Waals surface area contributed by atoms with Crippen LogP contribution in [0.4, 0.5) is 0 Å². The van der Waals surface area contributed by atoms with Crippen LogP contribution in [0.25, 0.3) is 0 Å². The van der Waals surface area contributed by atoms with Gasteiger partial charge in [0.25, 0.3) is 0 Å². The molecule has 0 heterocycles. The van der Waals surface area contributed by atoms with Gasteiger partial charge in [-0.25, -0.2) is 8.42 Å². The van der Waals surface area contributed by atoms with E-state index in [2.05, 4.69) is 0 Å². The van der Waals surface area contributed by atoms with Crippen LogP contribution in [0.1, 0.15) is 6.92 Å². The van der Waals surface area contributed by atoms with E-state index < -0.39 is 22.0 Å². The number of aliphatic carboxylic acids is 1. The lowest BCUT2D eigenvalue weighted by molar-refractivity contribution is -0.138. The molecular weight excluding hydrogens is 302 g/mol. The minimum atomic E-state index is -4.15. The maximum absolute atomic E-state index is 12.3. The fourth-order valence-corrected chi connectivity index (χ4v) is 3.08. The average molecular weight is 319 g/mol. The number of benzene rings is 1. The molecule has 118 valence electrons. The monoisotopic (exact) mass is 319 g/mol. The Kier molecular flexibility index (Phi) is 5.39. The number of carboxylic acid groups (broad SMARTS) is 1. The molecule has 1 aromatic rings. The maximum atomic E-state index is 12.3. The molecule has 21 heavy (non-hydrogen) atoms. The van der Waals surface area contributed by atoms with Gasteiger partial charge in [-0.2, -0.15) is 4.72 Å². The quantitative estimate of drug-likeness (QED) is 0.751. The van der Waals surface area contributed by atoms with Crippen molar-refractivity contribution >= 4 is 16.0 Å². The molecule has 0 bridgehead atoms. The van der Waals surface area contributed by atoms with Gasteiger partial charge in [0.2, 0.25) is 10.0 Å². The van der Waals surface area contributed by atoms with Crippen LogP contribution >= 0.6 is 0 Å². The van der Waals surface area contributed by atoms with Crippen molar-refractivity contribution in [3.8, 4) is 17.2 Å². The van der Waals surface area contributed by atoms with Gasteiger partial charge >= 0.3 is 5.97 Å². The van der Waals surface area contributed by atoms with Gasteiger partial charge in [0.05, 0.1) is 21.3 Å². The van der Waals surface area contributed by atoms with E-state index in [1.807, 2.05) is 4.72 Å². The summed E-state index contributed by atoms with van der Waals surface area (Å²) in [6, 6.07) is 1.43. The van der Waals surface area contributed by atoms with Crippen molar-refractivity contribution in [2.75, 3.05) is 21.3 Å². The SMILES string of the molecule is COc1cc(OC)c(S(=O)(=O)N[C@H](C)C(=O)O)c(OC)c1. The predicted octanol–water partition coefficient (Wildman–Crippen LogP) is 0.464. The molecule has 0 radical (unpaired) electrons. The van der Waals surface area contributed by atoms with Gasteiger partial charge in [0.15, 0.2) is 4.90 Å². The summed E-state index contributed by atoms with van der Waals surface area (Å²) in [4.78, 5) is 10.5. The van der Waals surface area contributed by atoms with E-state index in [1.54, 1.807) is 0 Å². The topological polar surface area (TPSA) is 111 Å². The van der Waals surface area contributed by atoms with Crippen LogP contribution in [0.5, 0.6) is 17.2 Å². The van der Waals surface area contributed by atoms with Gasteiger partial charge in [-0.3, -0.25) is 4.79 Å². The van der Waals surface area contributed by atoms with Crippen LogP contribution in [0, 0.1) is 0 Å².